The lowest BCUT2D eigenvalue weighted by Gasteiger charge is -2.29. The zero-order chi connectivity index (χ0) is 15.4. The summed E-state index contributed by atoms with van der Waals surface area (Å²) in [6, 6.07) is 8.92. The van der Waals surface area contributed by atoms with Crippen LogP contribution in [0, 0.1) is 0 Å². The minimum atomic E-state index is 0.184. The van der Waals surface area contributed by atoms with Crippen molar-refractivity contribution in [3.05, 3.63) is 36.0 Å². The molecule has 1 amide bonds. The molecule has 4 nitrogen and oxygen atoms in total. The van der Waals surface area contributed by atoms with Gasteiger partial charge in [-0.25, -0.2) is 0 Å². The zero-order valence-corrected chi connectivity index (χ0v) is 13.3. The smallest absolute Gasteiger partial charge is 0.275 e. The highest BCUT2D eigenvalue weighted by Crippen LogP contribution is 2.17. The standard InChI is InChI=1S/C18H25N3O/c1-14-6-4-5-11-21(14)13-18(22)19-10-9-15-12-20-17-8-3-2-7-16(15)17/h2-3,7-8,12,14,20H,4-6,9-11,13H2,1H3,(H,19,22)/p+1/t14-/m1/s1. The molecule has 0 saturated carbocycles. The number of hydrogen-bond donors (Lipinski definition) is 3. The van der Waals surface area contributed by atoms with Gasteiger partial charge in [0.05, 0.1) is 12.6 Å². The molecule has 0 radical (unpaired) electrons. The fraction of sp³-hybridized carbons (Fsp3) is 0.500. The largest absolute Gasteiger partial charge is 0.361 e. The van der Waals surface area contributed by atoms with Crippen molar-refractivity contribution in [2.24, 2.45) is 0 Å². The number of benzene rings is 1. The van der Waals surface area contributed by atoms with Gasteiger partial charge in [-0.05, 0) is 44.2 Å². The minimum Gasteiger partial charge on any atom is -0.361 e. The first-order valence-electron chi connectivity index (χ1n) is 8.40. The Hall–Kier alpha value is -1.81. The van der Waals surface area contributed by atoms with E-state index < -0.39 is 0 Å². The first kappa shape index (κ1) is 15.1. The van der Waals surface area contributed by atoms with Crippen molar-refractivity contribution in [1.82, 2.24) is 10.3 Å². The molecule has 1 unspecified atom stereocenters. The van der Waals surface area contributed by atoms with E-state index >= 15 is 0 Å². The van der Waals surface area contributed by atoms with Crippen LogP contribution in [0.4, 0.5) is 0 Å². The summed E-state index contributed by atoms with van der Waals surface area (Å²) in [5.41, 5.74) is 2.44. The highest BCUT2D eigenvalue weighted by atomic mass is 16.2. The van der Waals surface area contributed by atoms with Gasteiger partial charge in [0.1, 0.15) is 0 Å². The molecule has 1 aromatic carbocycles. The first-order chi connectivity index (χ1) is 10.7. The van der Waals surface area contributed by atoms with E-state index in [1.165, 1.54) is 35.1 Å². The second-order valence-corrected chi connectivity index (χ2v) is 6.44. The Kier molecular flexibility index (Phi) is 4.78. The third kappa shape index (κ3) is 3.50. The maximum Gasteiger partial charge on any atom is 0.275 e. The number of hydrogen-bond acceptors (Lipinski definition) is 1. The summed E-state index contributed by atoms with van der Waals surface area (Å²) in [6.45, 7) is 4.72. The molecular formula is C18H26N3O+. The van der Waals surface area contributed by atoms with E-state index in [1.54, 1.807) is 0 Å². The number of rotatable bonds is 5. The molecule has 2 aromatic rings. The van der Waals surface area contributed by atoms with Gasteiger partial charge < -0.3 is 15.2 Å². The van der Waals surface area contributed by atoms with Gasteiger partial charge >= 0.3 is 0 Å². The molecule has 3 rings (SSSR count). The molecule has 2 atom stereocenters. The molecular weight excluding hydrogens is 274 g/mol. The van der Waals surface area contributed by atoms with Gasteiger partial charge in [-0.3, -0.25) is 4.79 Å². The molecule has 1 fully saturated rings. The maximum atomic E-state index is 12.1. The second kappa shape index (κ2) is 6.97. The van der Waals surface area contributed by atoms with Crippen LogP contribution >= 0.6 is 0 Å². The number of nitrogens with one attached hydrogen (secondary N) is 3. The number of aromatic amines is 1. The van der Waals surface area contributed by atoms with Gasteiger partial charge in [-0.2, -0.15) is 0 Å². The van der Waals surface area contributed by atoms with E-state index in [1.807, 2.05) is 6.07 Å². The Morgan fingerprint density at radius 2 is 2.23 bits per heavy atom. The highest BCUT2D eigenvalue weighted by molar-refractivity contribution is 5.83. The number of fused-ring (bicyclic) bond motifs is 1. The monoisotopic (exact) mass is 300 g/mol. The van der Waals surface area contributed by atoms with Crippen molar-refractivity contribution in [1.29, 1.82) is 0 Å². The lowest BCUT2D eigenvalue weighted by molar-refractivity contribution is -0.921. The molecule has 118 valence electrons. The molecule has 1 aromatic heterocycles. The van der Waals surface area contributed by atoms with E-state index in [-0.39, 0.29) is 5.91 Å². The zero-order valence-electron chi connectivity index (χ0n) is 13.3. The van der Waals surface area contributed by atoms with Gasteiger partial charge in [0.25, 0.3) is 5.91 Å². The summed E-state index contributed by atoms with van der Waals surface area (Å²) >= 11 is 0. The van der Waals surface area contributed by atoms with Crippen LogP contribution in [0.2, 0.25) is 0 Å². The molecule has 0 bridgehead atoms. The number of likely N-dealkylation sites (tertiary alicyclic amines) is 1. The Bertz CT molecular complexity index is 634. The summed E-state index contributed by atoms with van der Waals surface area (Å²) in [5, 5.41) is 4.34. The van der Waals surface area contributed by atoms with Gasteiger partial charge in [-0.1, -0.05) is 18.2 Å². The van der Waals surface area contributed by atoms with Gasteiger partial charge in [-0.15, -0.1) is 0 Å². The van der Waals surface area contributed by atoms with E-state index in [9.17, 15) is 4.79 Å². The number of H-pyrrole nitrogens is 1. The van der Waals surface area contributed by atoms with Gasteiger partial charge in [0.15, 0.2) is 6.54 Å². The molecule has 2 heterocycles. The summed E-state index contributed by atoms with van der Waals surface area (Å²) < 4.78 is 0. The Morgan fingerprint density at radius 3 is 3.09 bits per heavy atom. The second-order valence-electron chi connectivity index (χ2n) is 6.44. The van der Waals surface area contributed by atoms with Crippen molar-refractivity contribution in [3.63, 3.8) is 0 Å². The minimum absolute atomic E-state index is 0.184. The average Bonchev–Trinajstić information content (AvgIpc) is 2.93. The van der Waals surface area contributed by atoms with E-state index in [0.717, 1.165) is 18.5 Å². The summed E-state index contributed by atoms with van der Waals surface area (Å²) in [5.74, 6) is 0.184. The molecule has 0 spiro atoms. The molecule has 1 aliphatic heterocycles. The topological polar surface area (TPSA) is 49.3 Å². The Labute approximate surface area is 131 Å². The maximum absolute atomic E-state index is 12.1. The molecule has 4 heteroatoms. The van der Waals surface area contributed by atoms with Gasteiger partial charge in [0, 0.05) is 23.6 Å². The summed E-state index contributed by atoms with van der Waals surface area (Å²) in [6.07, 6.45) is 6.74. The number of para-hydroxylation sites is 1. The molecule has 1 aliphatic rings. The van der Waals surface area contributed by atoms with Crippen LogP contribution in [-0.4, -0.2) is 36.6 Å². The summed E-state index contributed by atoms with van der Waals surface area (Å²) in [7, 11) is 0. The lowest BCUT2D eigenvalue weighted by atomic mass is 10.0. The van der Waals surface area contributed by atoms with Crippen LogP contribution in [0.25, 0.3) is 10.9 Å². The molecule has 22 heavy (non-hydrogen) atoms. The van der Waals surface area contributed by atoms with E-state index in [0.29, 0.717) is 19.1 Å². The predicted octanol–water partition coefficient (Wildman–Crippen LogP) is 1.28. The molecule has 3 N–H and O–H groups in total. The predicted molar refractivity (Wildman–Crippen MR) is 89.0 cm³/mol. The lowest BCUT2D eigenvalue weighted by Crippen LogP contribution is -3.17. The quantitative estimate of drug-likeness (QED) is 0.765. The van der Waals surface area contributed by atoms with Crippen LogP contribution in [0.1, 0.15) is 31.7 Å². The third-order valence-electron chi connectivity index (χ3n) is 4.86. The third-order valence-corrected chi connectivity index (χ3v) is 4.86. The van der Waals surface area contributed by atoms with Crippen LogP contribution in [0.15, 0.2) is 30.5 Å². The van der Waals surface area contributed by atoms with Crippen molar-refractivity contribution in [2.75, 3.05) is 19.6 Å². The normalized spacial score (nSPS) is 21.9. The van der Waals surface area contributed by atoms with E-state index in [2.05, 4.69) is 41.6 Å². The SMILES string of the molecule is C[C@@H]1CCCC[NH+]1CC(=O)NCCc1c[nH]c2ccccc12. The Morgan fingerprint density at radius 1 is 1.36 bits per heavy atom. The fourth-order valence-corrected chi connectivity index (χ4v) is 3.46. The van der Waals surface area contributed by atoms with Crippen LogP contribution < -0.4 is 10.2 Å². The van der Waals surface area contributed by atoms with Crippen molar-refractivity contribution < 1.29 is 9.69 Å². The molecule has 1 saturated heterocycles. The summed E-state index contributed by atoms with van der Waals surface area (Å²) in [4.78, 5) is 16.8. The number of carbonyl (C=O) groups is 1. The number of aromatic nitrogens is 1. The van der Waals surface area contributed by atoms with Crippen molar-refractivity contribution in [3.8, 4) is 0 Å². The average molecular weight is 300 g/mol. The van der Waals surface area contributed by atoms with Crippen LogP contribution in [0.3, 0.4) is 0 Å². The van der Waals surface area contributed by atoms with Crippen molar-refractivity contribution >= 4 is 16.8 Å². The van der Waals surface area contributed by atoms with Gasteiger partial charge in [0.2, 0.25) is 0 Å². The number of carbonyl (C=O) groups excluding carboxylic acids is 1. The van der Waals surface area contributed by atoms with Crippen LogP contribution in [-0.2, 0) is 11.2 Å². The van der Waals surface area contributed by atoms with E-state index in [4.69, 9.17) is 0 Å². The first-order valence-corrected chi connectivity index (χ1v) is 8.40. The number of piperidine rings is 1. The Balaban J connectivity index is 1.47. The fourth-order valence-electron chi connectivity index (χ4n) is 3.46. The number of quaternary nitrogens is 1. The highest BCUT2D eigenvalue weighted by Gasteiger charge is 2.23. The van der Waals surface area contributed by atoms with Crippen LogP contribution in [0.5, 0.6) is 0 Å². The molecule has 0 aliphatic carbocycles. The number of amides is 1. The van der Waals surface area contributed by atoms with Crippen molar-refractivity contribution in [2.45, 2.75) is 38.6 Å².